The highest BCUT2D eigenvalue weighted by molar-refractivity contribution is 5.95. The van der Waals surface area contributed by atoms with Gasteiger partial charge < -0.3 is 14.5 Å². The predicted molar refractivity (Wildman–Crippen MR) is 82.9 cm³/mol. The number of likely N-dealkylation sites (N-methyl/N-ethyl adjacent to an activating group) is 1. The lowest BCUT2D eigenvalue weighted by Crippen LogP contribution is -2.41. The quantitative estimate of drug-likeness (QED) is 0.750. The number of ether oxygens (including phenoxy) is 1. The molecule has 0 saturated carbocycles. The van der Waals surface area contributed by atoms with Gasteiger partial charge in [-0.15, -0.1) is 0 Å². The first-order valence-corrected chi connectivity index (χ1v) is 7.81. The van der Waals surface area contributed by atoms with Gasteiger partial charge >= 0.3 is 0 Å². The third-order valence-electron chi connectivity index (χ3n) is 4.69. The van der Waals surface area contributed by atoms with Crippen LogP contribution in [0.5, 0.6) is 0 Å². The van der Waals surface area contributed by atoms with Crippen LogP contribution in [-0.2, 0) is 9.53 Å². The number of hydrogen-bond donors (Lipinski definition) is 0. The summed E-state index contributed by atoms with van der Waals surface area (Å²) in [4.78, 5) is 36.5. The molecule has 7 nitrogen and oxygen atoms in total. The number of aromatic nitrogens is 2. The van der Waals surface area contributed by atoms with Crippen LogP contribution in [0, 0.1) is 19.3 Å². The standard InChI is InChI=1S/C16H22N4O3/c1-11-13(6-17-12(2)18-11)15(22)20-5-4-16(9-20)8-19(3)14(21)7-23-10-16/h6H,4-5,7-10H2,1-3H3. The Labute approximate surface area is 135 Å². The van der Waals surface area contributed by atoms with Gasteiger partial charge in [-0.25, -0.2) is 9.97 Å². The highest BCUT2D eigenvalue weighted by Crippen LogP contribution is 2.34. The van der Waals surface area contributed by atoms with Gasteiger partial charge in [-0.05, 0) is 20.3 Å². The summed E-state index contributed by atoms with van der Waals surface area (Å²) in [5, 5.41) is 0. The number of carbonyl (C=O) groups excluding carboxylic acids is 2. The first-order chi connectivity index (χ1) is 10.9. The fraction of sp³-hybridized carbons (Fsp3) is 0.625. The maximum Gasteiger partial charge on any atom is 0.257 e. The Morgan fingerprint density at radius 2 is 2.13 bits per heavy atom. The van der Waals surface area contributed by atoms with E-state index >= 15 is 0 Å². The maximum absolute atomic E-state index is 12.8. The largest absolute Gasteiger partial charge is 0.371 e. The van der Waals surface area contributed by atoms with Crippen molar-refractivity contribution in [1.82, 2.24) is 19.8 Å². The van der Waals surface area contributed by atoms with E-state index in [1.54, 1.807) is 18.1 Å². The van der Waals surface area contributed by atoms with Crippen LogP contribution in [-0.4, -0.2) is 71.5 Å². The molecule has 2 aliphatic heterocycles. The van der Waals surface area contributed by atoms with E-state index in [2.05, 4.69) is 9.97 Å². The minimum atomic E-state index is -0.171. The SMILES string of the molecule is Cc1ncc(C(=O)N2CCC3(COCC(=O)N(C)C3)C2)c(C)n1. The molecule has 0 aromatic carbocycles. The summed E-state index contributed by atoms with van der Waals surface area (Å²) in [5.41, 5.74) is 1.08. The summed E-state index contributed by atoms with van der Waals surface area (Å²) in [5.74, 6) is 0.612. The molecule has 1 aromatic rings. The molecule has 23 heavy (non-hydrogen) atoms. The van der Waals surface area contributed by atoms with E-state index in [0.29, 0.717) is 43.3 Å². The van der Waals surface area contributed by atoms with Gasteiger partial charge in [0, 0.05) is 38.3 Å². The molecule has 1 unspecified atom stereocenters. The molecule has 124 valence electrons. The van der Waals surface area contributed by atoms with Crippen molar-refractivity contribution < 1.29 is 14.3 Å². The van der Waals surface area contributed by atoms with Crippen molar-refractivity contribution >= 4 is 11.8 Å². The van der Waals surface area contributed by atoms with Crippen molar-refractivity contribution in [3.8, 4) is 0 Å². The summed E-state index contributed by atoms with van der Waals surface area (Å²) >= 11 is 0. The molecule has 2 amide bonds. The average Bonchev–Trinajstić information content (AvgIpc) is 2.84. The summed E-state index contributed by atoms with van der Waals surface area (Å²) in [7, 11) is 1.79. The molecule has 2 saturated heterocycles. The van der Waals surface area contributed by atoms with E-state index in [-0.39, 0.29) is 23.8 Å². The second-order valence-electron chi connectivity index (χ2n) is 6.64. The Kier molecular flexibility index (Phi) is 4.06. The molecule has 1 atom stereocenters. The van der Waals surface area contributed by atoms with Gasteiger partial charge in [-0.1, -0.05) is 0 Å². The molecule has 2 aliphatic rings. The molecular formula is C16H22N4O3. The predicted octanol–water partition coefficient (Wildman–Crippen LogP) is 0.414. The zero-order valence-electron chi connectivity index (χ0n) is 13.8. The molecule has 3 heterocycles. The van der Waals surface area contributed by atoms with Crippen LogP contribution >= 0.6 is 0 Å². The Morgan fingerprint density at radius 3 is 2.87 bits per heavy atom. The van der Waals surface area contributed by atoms with Crippen LogP contribution in [0.1, 0.15) is 28.3 Å². The van der Waals surface area contributed by atoms with Gasteiger partial charge in [0.2, 0.25) is 5.91 Å². The second kappa shape index (κ2) is 5.88. The summed E-state index contributed by atoms with van der Waals surface area (Å²) in [6.45, 7) is 6.15. The fourth-order valence-corrected chi connectivity index (χ4v) is 3.42. The van der Waals surface area contributed by atoms with Crippen LogP contribution in [0.3, 0.4) is 0 Å². The molecule has 0 N–H and O–H groups in total. The molecule has 1 aromatic heterocycles. The zero-order chi connectivity index (χ0) is 16.6. The van der Waals surface area contributed by atoms with E-state index in [1.807, 2.05) is 18.7 Å². The second-order valence-corrected chi connectivity index (χ2v) is 6.64. The van der Waals surface area contributed by atoms with Gasteiger partial charge in [0.25, 0.3) is 5.91 Å². The lowest BCUT2D eigenvalue weighted by Gasteiger charge is -2.30. The maximum atomic E-state index is 12.8. The molecule has 0 radical (unpaired) electrons. The van der Waals surface area contributed by atoms with Crippen LogP contribution in [0.25, 0.3) is 0 Å². The number of likely N-dealkylation sites (tertiary alicyclic amines) is 1. The minimum Gasteiger partial charge on any atom is -0.371 e. The van der Waals surface area contributed by atoms with Crippen LogP contribution in [0.2, 0.25) is 0 Å². The van der Waals surface area contributed by atoms with Crippen LogP contribution < -0.4 is 0 Å². The van der Waals surface area contributed by atoms with Gasteiger partial charge in [0.05, 0.1) is 17.9 Å². The van der Waals surface area contributed by atoms with Crippen molar-refractivity contribution in [2.75, 3.05) is 39.9 Å². The van der Waals surface area contributed by atoms with E-state index in [9.17, 15) is 9.59 Å². The number of amides is 2. The van der Waals surface area contributed by atoms with Crippen molar-refractivity contribution in [1.29, 1.82) is 0 Å². The molecular weight excluding hydrogens is 296 g/mol. The summed E-state index contributed by atoms with van der Waals surface area (Å²) in [6.07, 6.45) is 2.44. The molecule has 0 aliphatic carbocycles. The molecule has 0 bridgehead atoms. The van der Waals surface area contributed by atoms with E-state index in [0.717, 1.165) is 6.42 Å². The van der Waals surface area contributed by atoms with Gasteiger partial charge in [-0.2, -0.15) is 0 Å². The van der Waals surface area contributed by atoms with Crippen LogP contribution in [0.15, 0.2) is 6.20 Å². The Bertz CT molecular complexity index is 648. The number of hydrogen-bond acceptors (Lipinski definition) is 5. The zero-order valence-corrected chi connectivity index (χ0v) is 13.8. The summed E-state index contributed by atoms with van der Waals surface area (Å²) in [6, 6.07) is 0. The van der Waals surface area contributed by atoms with E-state index in [1.165, 1.54) is 0 Å². The lowest BCUT2D eigenvalue weighted by molar-refractivity contribution is -0.132. The van der Waals surface area contributed by atoms with E-state index in [4.69, 9.17) is 4.74 Å². The minimum absolute atomic E-state index is 0.00516. The van der Waals surface area contributed by atoms with Crippen molar-refractivity contribution in [3.63, 3.8) is 0 Å². The lowest BCUT2D eigenvalue weighted by atomic mass is 9.88. The first kappa shape index (κ1) is 15.9. The third-order valence-corrected chi connectivity index (χ3v) is 4.69. The fourth-order valence-electron chi connectivity index (χ4n) is 3.42. The van der Waals surface area contributed by atoms with E-state index < -0.39 is 0 Å². The monoisotopic (exact) mass is 318 g/mol. The number of nitrogens with zero attached hydrogens (tertiary/aromatic N) is 4. The highest BCUT2D eigenvalue weighted by Gasteiger charge is 2.43. The first-order valence-electron chi connectivity index (χ1n) is 7.81. The summed E-state index contributed by atoms with van der Waals surface area (Å²) < 4.78 is 5.53. The average molecular weight is 318 g/mol. The highest BCUT2D eigenvalue weighted by atomic mass is 16.5. The van der Waals surface area contributed by atoms with Crippen LogP contribution in [0.4, 0.5) is 0 Å². The Morgan fingerprint density at radius 1 is 1.35 bits per heavy atom. The molecule has 1 spiro atoms. The van der Waals surface area contributed by atoms with Gasteiger partial charge in [0.15, 0.2) is 0 Å². The van der Waals surface area contributed by atoms with Crippen molar-refractivity contribution in [3.05, 3.63) is 23.3 Å². The Balaban J connectivity index is 1.76. The Hall–Kier alpha value is -2.02. The normalized spacial score (nSPS) is 25.1. The topological polar surface area (TPSA) is 75.6 Å². The molecule has 2 fully saturated rings. The number of aryl methyl sites for hydroxylation is 2. The molecule has 3 rings (SSSR count). The van der Waals surface area contributed by atoms with Crippen molar-refractivity contribution in [2.45, 2.75) is 20.3 Å². The molecule has 7 heteroatoms. The van der Waals surface area contributed by atoms with Gasteiger partial charge in [0.1, 0.15) is 12.4 Å². The number of carbonyl (C=O) groups is 2. The number of rotatable bonds is 1. The smallest absolute Gasteiger partial charge is 0.257 e. The van der Waals surface area contributed by atoms with Gasteiger partial charge in [-0.3, -0.25) is 9.59 Å². The third kappa shape index (κ3) is 3.06. The van der Waals surface area contributed by atoms with Crippen molar-refractivity contribution in [2.24, 2.45) is 5.41 Å².